The molecule has 6 nitrogen and oxygen atoms in total. The van der Waals surface area contributed by atoms with Gasteiger partial charge in [0.2, 0.25) is 5.91 Å². The van der Waals surface area contributed by atoms with Gasteiger partial charge in [-0.25, -0.2) is 4.79 Å². The van der Waals surface area contributed by atoms with Gasteiger partial charge in [0.1, 0.15) is 0 Å². The van der Waals surface area contributed by atoms with E-state index in [4.69, 9.17) is 0 Å². The van der Waals surface area contributed by atoms with E-state index in [1.54, 1.807) is 0 Å². The number of carbonyl (C=O) groups is 2. The molecule has 6 heteroatoms. The van der Waals surface area contributed by atoms with Crippen molar-refractivity contribution in [3.05, 3.63) is 35.9 Å². The Morgan fingerprint density at radius 1 is 1.00 bits per heavy atom. The zero-order valence-corrected chi connectivity index (χ0v) is 13.1. The fourth-order valence-electron chi connectivity index (χ4n) is 4.16. The minimum Gasteiger partial charge on any atom is -0.322 e. The minimum absolute atomic E-state index is 0.135. The molecule has 0 spiro atoms. The third-order valence-electron chi connectivity index (χ3n) is 5.21. The summed E-state index contributed by atoms with van der Waals surface area (Å²) in [7, 11) is 0. The van der Waals surface area contributed by atoms with Gasteiger partial charge in [-0.3, -0.25) is 19.9 Å². The highest BCUT2D eigenvalue weighted by atomic mass is 16.2. The van der Waals surface area contributed by atoms with Crippen molar-refractivity contribution < 1.29 is 9.59 Å². The smallest absolute Gasteiger partial charge is 0.322 e. The number of benzene rings is 1. The molecule has 3 unspecified atom stereocenters. The molecular formula is C17H22N4O2. The first-order valence-electron chi connectivity index (χ1n) is 8.28. The SMILES string of the molecule is O=C1CC(N2CC3CN(Cc4ccccc4)CC3C2)NC(=O)N1. The van der Waals surface area contributed by atoms with Crippen LogP contribution in [0.5, 0.6) is 0 Å². The summed E-state index contributed by atoms with van der Waals surface area (Å²) in [5, 5.41) is 5.16. The first-order valence-corrected chi connectivity index (χ1v) is 8.28. The van der Waals surface area contributed by atoms with E-state index in [2.05, 4.69) is 50.8 Å². The molecule has 3 saturated heterocycles. The Labute approximate surface area is 135 Å². The third kappa shape index (κ3) is 3.09. The molecule has 3 fully saturated rings. The maximum atomic E-state index is 11.5. The zero-order valence-electron chi connectivity index (χ0n) is 13.1. The normalized spacial score (nSPS) is 31.7. The van der Waals surface area contributed by atoms with Crippen LogP contribution >= 0.6 is 0 Å². The molecule has 0 aromatic heterocycles. The number of carbonyl (C=O) groups excluding carboxylic acids is 2. The molecular weight excluding hydrogens is 292 g/mol. The average Bonchev–Trinajstić information content (AvgIpc) is 3.05. The van der Waals surface area contributed by atoms with E-state index >= 15 is 0 Å². The molecule has 3 aliphatic rings. The molecule has 2 N–H and O–H groups in total. The highest BCUT2D eigenvalue weighted by molar-refractivity contribution is 5.97. The summed E-state index contributed by atoms with van der Waals surface area (Å²) in [5.74, 6) is 1.10. The van der Waals surface area contributed by atoms with Crippen molar-refractivity contribution in [1.29, 1.82) is 0 Å². The highest BCUT2D eigenvalue weighted by Gasteiger charge is 2.43. The van der Waals surface area contributed by atoms with Crippen molar-refractivity contribution in [2.75, 3.05) is 26.2 Å². The summed E-state index contributed by atoms with van der Waals surface area (Å²) in [6, 6.07) is 10.2. The van der Waals surface area contributed by atoms with E-state index in [-0.39, 0.29) is 18.1 Å². The van der Waals surface area contributed by atoms with E-state index in [9.17, 15) is 9.59 Å². The Kier molecular flexibility index (Phi) is 3.79. The molecule has 4 rings (SSSR count). The fourth-order valence-corrected chi connectivity index (χ4v) is 4.16. The summed E-state index contributed by atoms with van der Waals surface area (Å²) >= 11 is 0. The van der Waals surface area contributed by atoms with Gasteiger partial charge in [0, 0.05) is 32.7 Å². The number of imide groups is 1. The van der Waals surface area contributed by atoms with E-state index in [1.807, 2.05) is 0 Å². The molecule has 1 aromatic carbocycles. The monoisotopic (exact) mass is 314 g/mol. The highest BCUT2D eigenvalue weighted by Crippen LogP contribution is 2.33. The fraction of sp³-hybridized carbons (Fsp3) is 0.529. The van der Waals surface area contributed by atoms with Gasteiger partial charge in [0.05, 0.1) is 12.6 Å². The largest absolute Gasteiger partial charge is 0.322 e. The number of hydrogen-bond donors (Lipinski definition) is 2. The topological polar surface area (TPSA) is 64.7 Å². The van der Waals surface area contributed by atoms with Gasteiger partial charge in [-0.1, -0.05) is 30.3 Å². The molecule has 0 bridgehead atoms. The molecule has 0 radical (unpaired) electrons. The Balaban J connectivity index is 1.33. The number of fused-ring (bicyclic) bond motifs is 1. The van der Waals surface area contributed by atoms with Crippen LogP contribution in [-0.4, -0.2) is 54.1 Å². The molecule has 23 heavy (non-hydrogen) atoms. The van der Waals surface area contributed by atoms with E-state index in [0.29, 0.717) is 18.3 Å². The second kappa shape index (κ2) is 5.94. The van der Waals surface area contributed by atoms with Crippen molar-refractivity contribution >= 4 is 11.9 Å². The van der Waals surface area contributed by atoms with Gasteiger partial charge in [-0.2, -0.15) is 0 Å². The number of likely N-dealkylation sites (tertiary alicyclic amines) is 2. The van der Waals surface area contributed by atoms with E-state index in [0.717, 1.165) is 32.7 Å². The lowest BCUT2D eigenvalue weighted by molar-refractivity contribution is -0.122. The molecule has 122 valence electrons. The van der Waals surface area contributed by atoms with Crippen LogP contribution in [0.15, 0.2) is 30.3 Å². The van der Waals surface area contributed by atoms with Crippen molar-refractivity contribution in [2.24, 2.45) is 11.8 Å². The summed E-state index contributed by atoms with van der Waals surface area (Å²) < 4.78 is 0. The molecule has 3 aliphatic heterocycles. The van der Waals surface area contributed by atoms with Gasteiger partial charge in [-0.15, -0.1) is 0 Å². The van der Waals surface area contributed by atoms with E-state index in [1.165, 1.54) is 5.56 Å². The predicted molar refractivity (Wildman–Crippen MR) is 85.4 cm³/mol. The lowest BCUT2D eigenvalue weighted by atomic mass is 10.0. The predicted octanol–water partition coefficient (Wildman–Crippen LogP) is 0.606. The minimum atomic E-state index is -0.367. The first-order chi connectivity index (χ1) is 11.2. The second-order valence-electron chi connectivity index (χ2n) is 6.90. The van der Waals surface area contributed by atoms with Gasteiger partial charge >= 0.3 is 6.03 Å². The van der Waals surface area contributed by atoms with Crippen LogP contribution in [0.1, 0.15) is 12.0 Å². The van der Waals surface area contributed by atoms with Gasteiger partial charge in [-0.05, 0) is 17.4 Å². The number of urea groups is 1. The van der Waals surface area contributed by atoms with Crippen LogP contribution in [0.25, 0.3) is 0 Å². The van der Waals surface area contributed by atoms with Crippen molar-refractivity contribution in [3.63, 3.8) is 0 Å². The molecule has 1 aromatic rings. The van der Waals surface area contributed by atoms with Crippen molar-refractivity contribution in [1.82, 2.24) is 20.4 Å². The van der Waals surface area contributed by atoms with Gasteiger partial charge < -0.3 is 5.32 Å². The second-order valence-corrected chi connectivity index (χ2v) is 6.90. The molecule has 3 heterocycles. The summed E-state index contributed by atoms with van der Waals surface area (Å²) in [6.07, 6.45) is 0.225. The number of hydrogen-bond acceptors (Lipinski definition) is 4. The lowest BCUT2D eigenvalue weighted by Gasteiger charge is -2.32. The Morgan fingerprint density at radius 3 is 2.35 bits per heavy atom. The number of rotatable bonds is 3. The number of amides is 3. The quantitative estimate of drug-likeness (QED) is 0.858. The molecule has 3 amide bonds. The number of nitrogens with one attached hydrogen (secondary N) is 2. The average molecular weight is 314 g/mol. The molecule has 0 saturated carbocycles. The maximum absolute atomic E-state index is 11.5. The summed E-state index contributed by atoms with van der Waals surface area (Å²) in [5.41, 5.74) is 1.36. The maximum Gasteiger partial charge on any atom is 0.322 e. The van der Waals surface area contributed by atoms with E-state index < -0.39 is 0 Å². The van der Waals surface area contributed by atoms with Crippen molar-refractivity contribution in [3.8, 4) is 0 Å². The summed E-state index contributed by atoms with van der Waals surface area (Å²) in [4.78, 5) is 27.8. The number of nitrogens with zero attached hydrogens (tertiary/aromatic N) is 2. The van der Waals surface area contributed by atoms with Crippen LogP contribution in [0.4, 0.5) is 4.79 Å². The van der Waals surface area contributed by atoms with Crippen LogP contribution in [0.3, 0.4) is 0 Å². The Bertz CT molecular complexity index is 576. The van der Waals surface area contributed by atoms with Crippen LogP contribution in [-0.2, 0) is 11.3 Å². The Morgan fingerprint density at radius 2 is 1.70 bits per heavy atom. The van der Waals surface area contributed by atoms with Gasteiger partial charge in [0.25, 0.3) is 0 Å². The summed E-state index contributed by atoms with van der Waals surface area (Å²) in [6.45, 7) is 5.14. The van der Waals surface area contributed by atoms with Crippen LogP contribution in [0.2, 0.25) is 0 Å². The third-order valence-corrected chi connectivity index (χ3v) is 5.21. The van der Waals surface area contributed by atoms with Crippen LogP contribution in [0, 0.1) is 11.8 Å². The molecule has 0 aliphatic carbocycles. The zero-order chi connectivity index (χ0) is 15.8. The first kappa shape index (κ1) is 14.7. The molecule has 3 atom stereocenters. The lowest BCUT2D eigenvalue weighted by Crippen LogP contribution is -2.58. The Hall–Kier alpha value is -1.92. The standard InChI is InChI=1S/C17H22N4O2/c22-16-6-15(18-17(23)19-16)21-10-13-8-20(9-14(13)11-21)7-12-4-2-1-3-5-12/h1-5,13-15H,6-11H2,(H2,18,19,22,23). The van der Waals surface area contributed by atoms with Crippen LogP contribution < -0.4 is 10.6 Å². The van der Waals surface area contributed by atoms with Crippen molar-refractivity contribution in [2.45, 2.75) is 19.1 Å². The van der Waals surface area contributed by atoms with Gasteiger partial charge in [0.15, 0.2) is 0 Å².